The number of allylic oxidation sites excluding steroid dienone is 2. The molecule has 0 amide bonds. The minimum absolute atomic E-state index is 0. The molecule has 7 nitrogen and oxygen atoms in total. The quantitative estimate of drug-likeness (QED) is 0.403. The van der Waals surface area contributed by atoms with Gasteiger partial charge in [-0.15, -0.1) is 12.4 Å². The number of rotatable bonds is 6. The zero-order valence-corrected chi connectivity index (χ0v) is 26.7. The number of sulfonamides is 2. The number of halogens is 1. The number of hydrogen-bond donors (Lipinski definition) is 0. The first-order valence-corrected chi connectivity index (χ1v) is 17.1. The average molecular weight is 622 g/mol. The fourth-order valence-corrected chi connectivity index (χ4v) is 8.46. The van der Waals surface area contributed by atoms with Crippen LogP contribution in [0, 0.1) is 19.8 Å². The van der Waals surface area contributed by atoms with Gasteiger partial charge < -0.3 is 4.90 Å². The molecule has 2 aromatic rings. The van der Waals surface area contributed by atoms with Gasteiger partial charge in [-0.25, -0.2) is 16.8 Å². The lowest BCUT2D eigenvalue weighted by atomic mass is 9.94. The molecule has 2 aliphatic rings. The number of benzene rings is 2. The van der Waals surface area contributed by atoms with Crippen molar-refractivity contribution in [1.29, 1.82) is 0 Å². The first-order chi connectivity index (χ1) is 19.1. The van der Waals surface area contributed by atoms with Crippen LogP contribution in [0.3, 0.4) is 0 Å². The largest absolute Gasteiger partial charge is 0.303 e. The summed E-state index contributed by atoms with van der Waals surface area (Å²) in [6.45, 7) is 11.3. The van der Waals surface area contributed by atoms with Crippen LogP contribution < -0.4 is 0 Å². The normalized spacial score (nSPS) is 21.0. The Bertz CT molecular complexity index is 1300. The van der Waals surface area contributed by atoms with Crippen molar-refractivity contribution in [3.05, 3.63) is 84.0 Å². The summed E-state index contributed by atoms with van der Waals surface area (Å²) >= 11 is 0. The molecular formula is C31H44ClN3O4S2. The molecule has 1 saturated heterocycles. The van der Waals surface area contributed by atoms with Gasteiger partial charge in [0.2, 0.25) is 20.0 Å². The molecule has 1 unspecified atom stereocenters. The molecule has 1 aliphatic heterocycles. The first kappa shape index (κ1) is 33.5. The summed E-state index contributed by atoms with van der Waals surface area (Å²) in [6, 6.07) is 13.8. The van der Waals surface area contributed by atoms with Crippen molar-refractivity contribution in [2.24, 2.45) is 5.92 Å². The Morgan fingerprint density at radius 2 is 1.20 bits per heavy atom. The van der Waals surface area contributed by atoms with E-state index in [0.717, 1.165) is 50.0 Å². The van der Waals surface area contributed by atoms with Gasteiger partial charge in [-0.1, -0.05) is 54.1 Å². The summed E-state index contributed by atoms with van der Waals surface area (Å²) in [6.07, 6.45) is 9.18. The van der Waals surface area contributed by atoms with E-state index in [9.17, 15) is 16.8 Å². The average Bonchev–Trinajstić information content (AvgIpc) is 2.92. The number of nitrogens with zero attached hydrogens (tertiary/aromatic N) is 3. The van der Waals surface area contributed by atoms with Crippen molar-refractivity contribution >= 4 is 32.5 Å². The molecule has 0 saturated carbocycles. The van der Waals surface area contributed by atoms with E-state index in [1.165, 1.54) is 8.61 Å². The molecule has 0 aromatic heterocycles. The maximum absolute atomic E-state index is 13.7. The Balaban J connectivity index is 0.00000462. The zero-order chi connectivity index (χ0) is 28.8. The standard InChI is InChI=1S/C31H43N3O4S2.ClH/c1-26-11-15-30(16-12-26)39(35,36)33-21-7-19-32(25-29-9-5-4-6-10-29)20-8-22-34(24-28(3)23-33)40(37,38)31-17-13-27(2)14-18-31;/h4-5,11-18,29H,3,6-10,19-25H2,1-2H3;1H. The molecule has 1 aliphatic carbocycles. The van der Waals surface area contributed by atoms with E-state index in [2.05, 4.69) is 23.6 Å². The Morgan fingerprint density at radius 1 is 0.732 bits per heavy atom. The lowest BCUT2D eigenvalue weighted by molar-refractivity contribution is 0.206. The van der Waals surface area contributed by atoms with E-state index in [4.69, 9.17) is 0 Å². The molecule has 10 heteroatoms. The van der Waals surface area contributed by atoms with E-state index in [-0.39, 0.29) is 35.3 Å². The second-order valence-electron chi connectivity index (χ2n) is 11.2. The topological polar surface area (TPSA) is 78.0 Å². The van der Waals surface area contributed by atoms with Gasteiger partial charge in [-0.05, 0) is 94.8 Å². The zero-order valence-electron chi connectivity index (χ0n) is 24.2. The summed E-state index contributed by atoms with van der Waals surface area (Å²) in [5, 5.41) is 0. The third-order valence-electron chi connectivity index (χ3n) is 7.78. The van der Waals surface area contributed by atoms with Crippen molar-refractivity contribution < 1.29 is 16.8 Å². The van der Waals surface area contributed by atoms with E-state index in [0.29, 0.717) is 37.4 Å². The first-order valence-electron chi connectivity index (χ1n) is 14.2. The second kappa shape index (κ2) is 14.9. The molecule has 1 atom stereocenters. The summed E-state index contributed by atoms with van der Waals surface area (Å²) < 4.78 is 57.8. The van der Waals surface area contributed by atoms with E-state index < -0.39 is 20.0 Å². The van der Waals surface area contributed by atoms with Crippen LogP contribution in [0.25, 0.3) is 0 Å². The van der Waals surface area contributed by atoms with Gasteiger partial charge in [0.1, 0.15) is 0 Å². The third kappa shape index (κ3) is 8.99. The van der Waals surface area contributed by atoms with Crippen LogP contribution in [0.5, 0.6) is 0 Å². The molecule has 2 aromatic carbocycles. The van der Waals surface area contributed by atoms with Crippen LogP contribution in [0.1, 0.15) is 43.2 Å². The van der Waals surface area contributed by atoms with Gasteiger partial charge in [0.05, 0.1) is 9.79 Å². The van der Waals surface area contributed by atoms with Gasteiger partial charge in [0.25, 0.3) is 0 Å². The van der Waals surface area contributed by atoms with Gasteiger partial charge >= 0.3 is 0 Å². The van der Waals surface area contributed by atoms with Crippen LogP contribution in [0.2, 0.25) is 0 Å². The highest BCUT2D eigenvalue weighted by Crippen LogP contribution is 2.23. The Hall–Kier alpha value is -2.01. The fourth-order valence-electron chi connectivity index (χ4n) is 5.46. The molecule has 0 spiro atoms. The van der Waals surface area contributed by atoms with Crippen molar-refractivity contribution in [3.8, 4) is 0 Å². The molecule has 1 fully saturated rings. The van der Waals surface area contributed by atoms with Crippen LogP contribution in [0.4, 0.5) is 0 Å². The number of aryl methyl sites for hydroxylation is 2. The molecule has 1 heterocycles. The maximum Gasteiger partial charge on any atom is 0.243 e. The summed E-state index contributed by atoms with van der Waals surface area (Å²) in [7, 11) is -7.56. The summed E-state index contributed by atoms with van der Waals surface area (Å²) in [5.41, 5.74) is 2.53. The summed E-state index contributed by atoms with van der Waals surface area (Å²) in [5.74, 6) is 0.567. The van der Waals surface area contributed by atoms with Crippen LogP contribution in [0.15, 0.2) is 82.6 Å². The lowest BCUT2D eigenvalue weighted by Crippen LogP contribution is -2.42. The molecule has 4 rings (SSSR count). The predicted octanol–water partition coefficient (Wildman–Crippen LogP) is 5.42. The highest BCUT2D eigenvalue weighted by molar-refractivity contribution is 7.89. The second-order valence-corrected chi connectivity index (χ2v) is 15.1. The van der Waals surface area contributed by atoms with Gasteiger partial charge in [0.15, 0.2) is 0 Å². The molecular weight excluding hydrogens is 578 g/mol. The summed E-state index contributed by atoms with van der Waals surface area (Å²) in [4.78, 5) is 2.88. The SMILES string of the molecule is C=C1CN(S(=O)(=O)c2ccc(C)cc2)CCCN(CC2CC=CCC2)CCCN(S(=O)(=O)c2ccc(C)cc2)C1.Cl. The third-order valence-corrected chi connectivity index (χ3v) is 11.5. The number of hydrogen-bond acceptors (Lipinski definition) is 5. The predicted molar refractivity (Wildman–Crippen MR) is 168 cm³/mol. The molecule has 0 radical (unpaired) electrons. The van der Waals surface area contributed by atoms with Crippen molar-refractivity contribution in [1.82, 2.24) is 13.5 Å². The Labute approximate surface area is 253 Å². The van der Waals surface area contributed by atoms with Gasteiger partial charge in [0, 0.05) is 32.7 Å². The van der Waals surface area contributed by atoms with Crippen molar-refractivity contribution in [2.75, 3.05) is 45.8 Å². The Kier molecular flexibility index (Phi) is 12.2. The van der Waals surface area contributed by atoms with Gasteiger partial charge in [-0.2, -0.15) is 8.61 Å². The van der Waals surface area contributed by atoms with Gasteiger partial charge in [-0.3, -0.25) is 0 Å². The van der Waals surface area contributed by atoms with Crippen molar-refractivity contribution in [2.45, 2.75) is 55.7 Å². The molecule has 226 valence electrons. The van der Waals surface area contributed by atoms with Crippen LogP contribution >= 0.6 is 12.4 Å². The maximum atomic E-state index is 13.7. The monoisotopic (exact) mass is 621 g/mol. The highest BCUT2D eigenvalue weighted by Gasteiger charge is 2.29. The fraction of sp³-hybridized carbons (Fsp3) is 0.484. The van der Waals surface area contributed by atoms with E-state index in [1.54, 1.807) is 48.5 Å². The van der Waals surface area contributed by atoms with Crippen LogP contribution in [-0.2, 0) is 20.0 Å². The van der Waals surface area contributed by atoms with Crippen LogP contribution in [-0.4, -0.2) is 76.2 Å². The highest BCUT2D eigenvalue weighted by atomic mass is 35.5. The van der Waals surface area contributed by atoms with Crippen molar-refractivity contribution in [3.63, 3.8) is 0 Å². The minimum atomic E-state index is -3.78. The van der Waals surface area contributed by atoms with E-state index >= 15 is 0 Å². The lowest BCUT2D eigenvalue weighted by Gasteiger charge is -2.32. The molecule has 0 N–H and O–H groups in total. The minimum Gasteiger partial charge on any atom is -0.303 e. The molecule has 41 heavy (non-hydrogen) atoms. The Morgan fingerprint density at radius 3 is 1.61 bits per heavy atom. The smallest absolute Gasteiger partial charge is 0.243 e. The van der Waals surface area contributed by atoms with E-state index in [1.807, 2.05) is 13.8 Å². The molecule has 0 bridgehead atoms.